The summed E-state index contributed by atoms with van der Waals surface area (Å²) < 4.78 is 27.9. The maximum Gasteiger partial charge on any atom is 0.309 e. The molecule has 122 valence electrons. The number of thiazole rings is 1. The zero-order chi connectivity index (χ0) is 16.1. The molecule has 1 saturated carbocycles. The molecule has 1 saturated heterocycles. The Morgan fingerprint density at radius 2 is 2.09 bits per heavy atom. The number of methoxy groups -OCH3 is 1. The van der Waals surface area contributed by atoms with Crippen molar-refractivity contribution in [3.8, 4) is 0 Å². The highest BCUT2D eigenvalue weighted by atomic mass is 32.2. The second-order valence-corrected chi connectivity index (χ2v) is 8.78. The number of anilines is 1. The number of esters is 1. The fourth-order valence-electron chi connectivity index (χ4n) is 3.29. The number of nitrogens with two attached hydrogens (primary N) is 1. The number of hydrogen-bond acceptors (Lipinski definition) is 7. The summed E-state index contributed by atoms with van der Waals surface area (Å²) in [5, 5.41) is 5.88. The van der Waals surface area contributed by atoms with Gasteiger partial charge < -0.3 is 9.64 Å². The highest BCUT2D eigenvalue weighted by Gasteiger charge is 2.59. The van der Waals surface area contributed by atoms with E-state index in [-0.39, 0.29) is 21.5 Å². The number of rotatable bonds is 3. The van der Waals surface area contributed by atoms with Crippen LogP contribution in [0.25, 0.3) is 0 Å². The molecule has 22 heavy (non-hydrogen) atoms. The van der Waals surface area contributed by atoms with Crippen molar-refractivity contribution in [2.45, 2.75) is 30.4 Å². The quantitative estimate of drug-likeness (QED) is 0.816. The van der Waals surface area contributed by atoms with Crippen molar-refractivity contribution in [1.29, 1.82) is 0 Å². The average Bonchev–Trinajstić information content (AvgIpc) is 2.99. The first-order valence-corrected chi connectivity index (χ1v) is 9.46. The number of nitrogens with zero attached hydrogens (tertiary/aromatic N) is 2. The molecule has 1 spiro atoms. The maximum absolute atomic E-state index is 11.6. The summed E-state index contributed by atoms with van der Waals surface area (Å²) in [7, 11) is -2.29. The fraction of sp³-hybridized carbons (Fsp3) is 0.692. The smallest absolute Gasteiger partial charge is 0.309 e. The third-order valence-electron chi connectivity index (χ3n) is 4.71. The number of primary sulfonamides is 1. The van der Waals surface area contributed by atoms with E-state index in [0.717, 1.165) is 43.7 Å². The molecule has 2 fully saturated rings. The topological polar surface area (TPSA) is 103 Å². The van der Waals surface area contributed by atoms with Gasteiger partial charge in [0.15, 0.2) is 9.34 Å². The minimum Gasteiger partial charge on any atom is -0.469 e. The molecule has 2 N–H and O–H groups in total. The molecule has 3 rings (SSSR count). The van der Waals surface area contributed by atoms with E-state index in [4.69, 9.17) is 9.88 Å². The second-order valence-electron chi connectivity index (χ2n) is 6.04. The number of carbonyl (C=O) groups excluding carboxylic acids is 1. The number of aromatic nitrogens is 1. The molecule has 9 heteroatoms. The summed E-state index contributed by atoms with van der Waals surface area (Å²) >= 11 is 1.12. The van der Waals surface area contributed by atoms with Crippen LogP contribution in [-0.2, 0) is 19.6 Å². The monoisotopic (exact) mass is 345 g/mol. The van der Waals surface area contributed by atoms with Gasteiger partial charge in [-0.2, -0.15) is 0 Å². The summed E-state index contributed by atoms with van der Waals surface area (Å²) in [6.07, 6.45) is 2.69. The summed E-state index contributed by atoms with van der Waals surface area (Å²) in [6, 6.07) is 0. The summed E-state index contributed by atoms with van der Waals surface area (Å²) in [4.78, 5) is 18.0. The van der Waals surface area contributed by atoms with Crippen LogP contribution in [0.2, 0.25) is 0 Å². The predicted molar refractivity (Wildman–Crippen MR) is 82.2 cm³/mol. The van der Waals surface area contributed by atoms with Crippen LogP contribution in [-0.4, -0.2) is 39.6 Å². The molecule has 1 unspecified atom stereocenters. The summed E-state index contributed by atoms with van der Waals surface area (Å²) in [5.41, 5.74) is 0.528. The number of sulfonamides is 1. The molecule has 0 bridgehead atoms. The van der Waals surface area contributed by atoms with Crippen molar-refractivity contribution in [1.82, 2.24) is 4.98 Å². The van der Waals surface area contributed by atoms with Gasteiger partial charge in [0.1, 0.15) is 0 Å². The van der Waals surface area contributed by atoms with Crippen LogP contribution in [0.15, 0.2) is 4.21 Å². The lowest BCUT2D eigenvalue weighted by Crippen LogP contribution is -2.35. The minimum absolute atomic E-state index is 0.0256. The maximum atomic E-state index is 11.6. The van der Waals surface area contributed by atoms with E-state index >= 15 is 0 Å². The molecule has 2 heterocycles. The fourth-order valence-corrected chi connectivity index (χ4v) is 5.29. The van der Waals surface area contributed by atoms with Crippen LogP contribution in [0.3, 0.4) is 0 Å². The zero-order valence-electron chi connectivity index (χ0n) is 12.5. The third-order valence-corrected chi connectivity index (χ3v) is 7.48. The molecule has 2 aliphatic rings. The first-order chi connectivity index (χ1) is 10.3. The molecule has 7 nitrogen and oxygen atoms in total. The Morgan fingerprint density at radius 3 is 2.59 bits per heavy atom. The SMILES string of the molecule is COC(=O)C1CC12CCN(c1nc(C)c(S(N)(=O)=O)s1)CC2. The summed E-state index contributed by atoms with van der Waals surface area (Å²) in [6.45, 7) is 3.19. The van der Waals surface area contributed by atoms with Gasteiger partial charge in [-0.15, -0.1) is 0 Å². The van der Waals surface area contributed by atoms with Crippen molar-refractivity contribution in [2.75, 3.05) is 25.1 Å². The lowest BCUT2D eigenvalue weighted by atomic mass is 9.91. The molecule has 0 radical (unpaired) electrons. The highest BCUT2D eigenvalue weighted by molar-refractivity contribution is 7.91. The van der Waals surface area contributed by atoms with E-state index in [1.54, 1.807) is 6.92 Å². The van der Waals surface area contributed by atoms with Gasteiger partial charge in [-0.1, -0.05) is 11.3 Å². The van der Waals surface area contributed by atoms with Gasteiger partial charge >= 0.3 is 5.97 Å². The summed E-state index contributed by atoms with van der Waals surface area (Å²) in [5.74, 6) is -0.0901. The highest BCUT2D eigenvalue weighted by Crippen LogP contribution is 2.60. The van der Waals surface area contributed by atoms with E-state index in [1.165, 1.54) is 7.11 Å². The van der Waals surface area contributed by atoms with Gasteiger partial charge in [0.25, 0.3) is 0 Å². The Labute approximate surface area is 133 Å². The van der Waals surface area contributed by atoms with Crippen molar-refractivity contribution < 1.29 is 17.9 Å². The first-order valence-electron chi connectivity index (χ1n) is 7.10. The van der Waals surface area contributed by atoms with Gasteiger partial charge in [-0.3, -0.25) is 4.79 Å². The van der Waals surface area contributed by atoms with E-state index in [2.05, 4.69) is 9.88 Å². The molecule has 0 aromatic carbocycles. The number of hydrogen-bond donors (Lipinski definition) is 1. The van der Waals surface area contributed by atoms with Gasteiger partial charge in [-0.05, 0) is 31.6 Å². The molecular formula is C13H19N3O4S2. The van der Waals surface area contributed by atoms with Crippen LogP contribution >= 0.6 is 11.3 Å². The molecule has 1 aromatic rings. The standard InChI is InChI=1S/C13H19N3O4S2/c1-8-11(22(14,18)19)21-12(15-8)16-5-3-13(4-6-16)7-9(13)10(17)20-2/h9H,3-7H2,1-2H3,(H2,14,18,19). The first kappa shape index (κ1) is 15.7. The molecule has 1 aliphatic carbocycles. The van der Waals surface area contributed by atoms with Crippen LogP contribution < -0.4 is 10.0 Å². The van der Waals surface area contributed by atoms with Crippen LogP contribution in [0.5, 0.6) is 0 Å². The van der Waals surface area contributed by atoms with E-state index in [1.807, 2.05) is 0 Å². The Hall–Kier alpha value is -1.19. The Bertz CT molecular complexity index is 705. The van der Waals surface area contributed by atoms with Crippen molar-refractivity contribution >= 4 is 32.5 Å². The van der Waals surface area contributed by atoms with Gasteiger partial charge in [0.05, 0.1) is 18.7 Å². The van der Waals surface area contributed by atoms with Crippen LogP contribution in [0.4, 0.5) is 5.13 Å². The molecule has 1 aromatic heterocycles. The zero-order valence-corrected chi connectivity index (χ0v) is 14.2. The lowest BCUT2D eigenvalue weighted by Gasteiger charge is -2.32. The lowest BCUT2D eigenvalue weighted by molar-refractivity contribution is -0.143. The van der Waals surface area contributed by atoms with E-state index in [9.17, 15) is 13.2 Å². The van der Waals surface area contributed by atoms with Crippen LogP contribution in [0.1, 0.15) is 25.0 Å². The van der Waals surface area contributed by atoms with E-state index < -0.39 is 10.0 Å². The number of carbonyl (C=O) groups is 1. The normalized spacial score (nSPS) is 23.6. The Balaban J connectivity index is 1.69. The van der Waals surface area contributed by atoms with Gasteiger partial charge in [0.2, 0.25) is 10.0 Å². The molecule has 1 aliphatic heterocycles. The number of ether oxygens (including phenoxy) is 1. The molecule has 1 atom stereocenters. The van der Waals surface area contributed by atoms with Gasteiger partial charge in [0, 0.05) is 13.1 Å². The van der Waals surface area contributed by atoms with Crippen molar-refractivity contribution in [3.05, 3.63) is 5.69 Å². The van der Waals surface area contributed by atoms with Crippen LogP contribution in [0, 0.1) is 18.3 Å². The Kier molecular flexibility index (Phi) is 3.69. The third kappa shape index (κ3) is 2.61. The number of piperidine rings is 1. The second kappa shape index (κ2) is 5.17. The van der Waals surface area contributed by atoms with Gasteiger partial charge in [-0.25, -0.2) is 18.5 Å². The minimum atomic E-state index is -3.72. The van der Waals surface area contributed by atoms with Crippen molar-refractivity contribution in [2.24, 2.45) is 16.5 Å². The number of aryl methyl sites for hydroxylation is 1. The molecule has 0 amide bonds. The van der Waals surface area contributed by atoms with E-state index in [0.29, 0.717) is 10.8 Å². The van der Waals surface area contributed by atoms with Crippen molar-refractivity contribution in [3.63, 3.8) is 0 Å². The predicted octanol–water partition coefficient (Wildman–Crippen LogP) is 0.878. The Morgan fingerprint density at radius 1 is 1.45 bits per heavy atom. The average molecular weight is 345 g/mol. The largest absolute Gasteiger partial charge is 0.469 e. The molecular weight excluding hydrogens is 326 g/mol.